The number of aromatic nitrogens is 4. The van der Waals surface area contributed by atoms with Crippen LogP contribution in [0.15, 0.2) is 17.4 Å². The lowest BCUT2D eigenvalue weighted by Gasteiger charge is -2.26. The van der Waals surface area contributed by atoms with Gasteiger partial charge in [-0.3, -0.25) is 4.79 Å². The highest BCUT2D eigenvalue weighted by Gasteiger charge is 2.55. The first-order chi connectivity index (χ1) is 12.1. The molecule has 4 rings (SSSR count). The Hall–Kier alpha value is -1.77. The zero-order valence-corrected chi connectivity index (χ0v) is 15.9. The number of nitrogens with one attached hydrogen (secondary N) is 1. The number of H-pyrrole nitrogens is 1. The SMILES string of the molecule is CC(C)(C)OC[C@@H]1C[C@H](n2cnc3c(=O)[nH]cnc32)[C@H]2OC(C)(C)O[C@@H]12. The van der Waals surface area contributed by atoms with Gasteiger partial charge in [0.25, 0.3) is 5.56 Å². The molecule has 2 aliphatic rings. The van der Waals surface area contributed by atoms with Gasteiger partial charge in [-0.1, -0.05) is 0 Å². The lowest BCUT2D eigenvalue weighted by Crippen LogP contribution is -2.31. The zero-order chi connectivity index (χ0) is 18.7. The second-order valence-electron chi connectivity index (χ2n) is 8.61. The third-order valence-corrected chi connectivity index (χ3v) is 5.00. The Morgan fingerprint density at radius 3 is 2.77 bits per heavy atom. The summed E-state index contributed by atoms with van der Waals surface area (Å²) in [5.41, 5.74) is 0.471. The third-order valence-electron chi connectivity index (χ3n) is 5.00. The Kier molecular flexibility index (Phi) is 3.98. The van der Waals surface area contributed by atoms with E-state index in [4.69, 9.17) is 14.2 Å². The molecular weight excluding hydrogens is 336 g/mol. The molecule has 1 N–H and O–H groups in total. The van der Waals surface area contributed by atoms with E-state index in [0.717, 1.165) is 6.42 Å². The van der Waals surface area contributed by atoms with Crippen molar-refractivity contribution < 1.29 is 14.2 Å². The van der Waals surface area contributed by atoms with Crippen LogP contribution in [0, 0.1) is 5.92 Å². The predicted octanol–water partition coefficient (Wildman–Crippen LogP) is 2.02. The number of rotatable bonds is 3. The van der Waals surface area contributed by atoms with Gasteiger partial charge < -0.3 is 23.8 Å². The molecule has 1 aliphatic heterocycles. The smallest absolute Gasteiger partial charge is 0.278 e. The summed E-state index contributed by atoms with van der Waals surface area (Å²) in [6, 6.07) is -0.00496. The first-order valence-electron chi connectivity index (χ1n) is 9.04. The van der Waals surface area contributed by atoms with Crippen molar-refractivity contribution in [2.75, 3.05) is 6.61 Å². The Morgan fingerprint density at radius 2 is 2.04 bits per heavy atom. The molecule has 8 heteroatoms. The minimum Gasteiger partial charge on any atom is -0.375 e. The molecule has 2 aromatic heterocycles. The number of fused-ring (bicyclic) bond motifs is 2. The normalized spacial score (nSPS) is 30.8. The number of aromatic amines is 1. The topological polar surface area (TPSA) is 91.3 Å². The van der Waals surface area contributed by atoms with Gasteiger partial charge in [0.05, 0.1) is 37.0 Å². The van der Waals surface area contributed by atoms with Crippen molar-refractivity contribution in [3.8, 4) is 0 Å². The van der Waals surface area contributed by atoms with Gasteiger partial charge in [0, 0.05) is 5.92 Å². The molecule has 2 aromatic rings. The molecule has 4 atom stereocenters. The number of hydrogen-bond acceptors (Lipinski definition) is 6. The number of nitrogens with zero attached hydrogens (tertiary/aromatic N) is 3. The molecule has 3 heterocycles. The van der Waals surface area contributed by atoms with Crippen LogP contribution in [-0.2, 0) is 14.2 Å². The second kappa shape index (κ2) is 5.87. The molecule has 2 fully saturated rings. The van der Waals surface area contributed by atoms with Crippen LogP contribution in [0.1, 0.15) is 47.1 Å². The van der Waals surface area contributed by atoms with Gasteiger partial charge >= 0.3 is 0 Å². The molecule has 1 saturated heterocycles. The van der Waals surface area contributed by atoms with E-state index in [1.165, 1.54) is 6.33 Å². The summed E-state index contributed by atoms with van der Waals surface area (Å²) in [4.78, 5) is 23.1. The minimum atomic E-state index is -0.644. The predicted molar refractivity (Wildman–Crippen MR) is 94.8 cm³/mol. The summed E-state index contributed by atoms with van der Waals surface area (Å²) >= 11 is 0. The van der Waals surface area contributed by atoms with Gasteiger partial charge in [-0.25, -0.2) is 9.97 Å². The van der Waals surface area contributed by atoms with Crippen LogP contribution in [0.2, 0.25) is 0 Å². The maximum atomic E-state index is 12.0. The largest absolute Gasteiger partial charge is 0.375 e. The fraction of sp³-hybridized carbons (Fsp3) is 0.722. The molecule has 142 valence electrons. The minimum absolute atomic E-state index is 0.00496. The van der Waals surface area contributed by atoms with Crippen LogP contribution in [0.5, 0.6) is 0 Å². The highest BCUT2D eigenvalue weighted by atomic mass is 16.8. The molecule has 0 amide bonds. The average Bonchev–Trinajstić information content (AvgIpc) is 3.16. The molecular formula is C18H26N4O4. The Morgan fingerprint density at radius 1 is 1.31 bits per heavy atom. The second-order valence-corrected chi connectivity index (χ2v) is 8.61. The summed E-state index contributed by atoms with van der Waals surface area (Å²) in [6.45, 7) is 10.6. The van der Waals surface area contributed by atoms with E-state index in [1.54, 1.807) is 6.33 Å². The zero-order valence-electron chi connectivity index (χ0n) is 15.9. The lowest BCUT2D eigenvalue weighted by molar-refractivity contribution is -0.164. The Bertz CT molecular complexity index is 866. The van der Waals surface area contributed by atoms with Gasteiger partial charge in [-0.2, -0.15) is 0 Å². The maximum Gasteiger partial charge on any atom is 0.278 e. The molecule has 1 aliphatic carbocycles. The van der Waals surface area contributed by atoms with Crippen molar-refractivity contribution >= 4 is 11.2 Å². The van der Waals surface area contributed by atoms with Crippen LogP contribution < -0.4 is 5.56 Å². The molecule has 1 saturated carbocycles. The Labute approximate surface area is 151 Å². The van der Waals surface area contributed by atoms with Gasteiger partial charge in [0.15, 0.2) is 17.0 Å². The average molecular weight is 362 g/mol. The van der Waals surface area contributed by atoms with Gasteiger partial charge in [0.1, 0.15) is 6.10 Å². The monoisotopic (exact) mass is 362 g/mol. The van der Waals surface area contributed by atoms with Crippen LogP contribution in [0.25, 0.3) is 11.2 Å². The van der Waals surface area contributed by atoms with Crippen LogP contribution in [-0.4, -0.2) is 49.7 Å². The first-order valence-corrected chi connectivity index (χ1v) is 9.04. The van der Waals surface area contributed by atoms with Crippen LogP contribution >= 0.6 is 0 Å². The summed E-state index contributed by atoms with van der Waals surface area (Å²) in [5.74, 6) is -0.444. The molecule has 8 nitrogen and oxygen atoms in total. The van der Waals surface area contributed by atoms with E-state index in [1.807, 2.05) is 39.2 Å². The molecule has 0 radical (unpaired) electrons. The van der Waals surface area contributed by atoms with Crippen LogP contribution in [0.4, 0.5) is 0 Å². The standard InChI is InChI=1S/C18H26N4O4/c1-17(2,3)24-7-10-6-11(14-13(10)25-18(4,5)26-14)22-9-21-12-15(22)19-8-20-16(12)23/h8-11,13-14H,6-7H2,1-5H3,(H,19,20,23)/t10-,11-,13-,14+/m0/s1. The van der Waals surface area contributed by atoms with Crippen molar-refractivity contribution in [3.05, 3.63) is 23.0 Å². The van der Waals surface area contributed by atoms with Crippen molar-refractivity contribution in [1.82, 2.24) is 19.5 Å². The van der Waals surface area contributed by atoms with E-state index >= 15 is 0 Å². The Balaban J connectivity index is 1.67. The molecule has 0 spiro atoms. The van der Waals surface area contributed by atoms with E-state index < -0.39 is 5.79 Å². The van der Waals surface area contributed by atoms with Gasteiger partial charge in [-0.05, 0) is 41.0 Å². The first kappa shape index (κ1) is 17.6. The highest BCUT2D eigenvalue weighted by molar-refractivity contribution is 5.69. The maximum absolute atomic E-state index is 12.0. The quantitative estimate of drug-likeness (QED) is 0.898. The summed E-state index contributed by atoms with van der Waals surface area (Å²) in [7, 11) is 0. The van der Waals surface area contributed by atoms with Crippen molar-refractivity contribution in [1.29, 1.82) is 0 Å². The number of ether oxygens (including phenoxy) is 3. The summed E-state index contributed by atoms with van der Waals surface area (Å²) in [5, 5.41) is 0. The fourth-order valence-electron chi connectivity index (χ4n) is 3.96. The molecule has 0 unspecified atom stereocenters. The van der Waals surface area contributed by atoms with E-state index in [0.29, 0.717) is 17.8 Å². The third kappa shape index (κ3) is 3.06. The van der Waals surface area contributed by atoms with Gasteiger partial charge in [0.2, 0.25) is 0 Å². The lowest BCUT2D eigenvalue weighted by atomic mass is 10.1. The summed E-state index contributed by atoms with van der Waals surface area (Å²) in [6.07, 6.45) is 3.72. The van der Waals surface area contributed by atoms with E-state index in [-0.39, 0.29) is 35.3 Å². The number of hydrogen-bond donors (Lipinski definition) is 1. The fourth-order valence-corrected chi connectivity index (χ4v) is 3.96. The highest BCUT2D eigenvalue weighted by Crippen LogP contribution is 2.47. The van der Waals surface area contributed by atoms with E-state index in [9.17, 15) is 4.79 Å². The van der Waals surface area contributed by atoms with E-state index in [2.05, 4.69) is 15.0 Å². The van der Waals surface area contributed by atoms with Crippen LogP contribution in [0.3, 0.4) is 0 Å². The molecule has 0 bridgehead atoms. The van der Waals surface area contributed by atoms with Crippen molar-refractivity contribution in [2.24, 2.45) is 5.92 Å². The van der Waals surface area contributed by atoms with Crippen molar-refractivity contribution in [2.45, 2.75) is 70.7 Å². The molecule has 26 heavy (non-hydrogen) atoms. The number of imidazole rings is 1. The van der Waals surface area contributed by atoms with Gasteiger partial charge in [-0.15, -0.1) is 0 Å². The van der Waals surface area contributed by atoms with Crippen molar-refractivity contribution in [3.63, 3.8) is 0 Å². The molecule has 0 aromatic carbocycles. The summed E-state index contributed by atoms with van der Waals surface area (Å²) < 4.78 is 20.4.